The Morgan fingerprint density at radius 1 is 1.32 bits per heavy atom. The van der Waals surface area contributed by atoms with Crippen LogP contribution in [-0.4, -0.2) is 22.6 Å². The molecule has 0 saturated carbocycles. The number of hydrogen-bond acceptors (Lipinski definition) is 2. The quantitative estimate of drug-likeness (QED) is 0.696. The molecule has 0 radical (unpaired) electrons. The van der Waals surface area contributed by atoms with E-state index in [-0.39, 0.29) is 18.2 Å². The van der Waals surface area contributed by atoms with Gasteiger partial charge in [-0.2, -0.15) is 0 Å². The van der Waals surface area contributed by atoms with Crippen molar-refractivity contribution in [2.45, 2.75) is 58.2 Å². The van der Waals surface area contributed by atoms with E-state index in [9.17, 15) is 4.79 Å². The largest absolute Gasteiger partial charge is 0.441 e. The lowest BCUT2D eigenvalue weighted by Crippen LogP contribution is -2.41. The lowest BCUT2D eigenvalue weighted by molar-refractivity contribution is 0.0667. The predicted molar refractivity (Wildman–Crippen MR) is 89.6 cm³/mol. The maximum atomic E-state index is 12.5. The number of carbonyl (C=O) groups excluding carboxylic acids is 1. The van der Waals surface area contributed by atoms with Gasteiger partial charge in [-0.1, -0.05) is 50.3 Å². The molecule has 1 amide bonds. The Balaban J connectivity index is 2.40. The van der Waals surface area contributed by atoms with Crippen LogP contribution in [0.3, 0.4) is 0 Å². The van der Waals surface area contributed by atoms with Crippen LogP contribution in [0.2, 0.25) is 0 Å². The normalized spacial score (nSPS) is 21.8. The summed E-state index contributed by atoms with van der Waals surface area (Å²) >= 11 is 0. The Bertz CT molecular complexity index is 521. The topological polar surface area (TPSA) is 29.5 Å². The highest BCUT2D eigenvalue weighted by atomic mass is 16.6. The zero-order valence-corrected chi connectivity index (χ0v) is 14.1. The summed E-state index contributed by atoms with van der Waals surface area (Å²) in [6.07, 6.45) is 3.41. The lowest BCUT2D eigenvalue weighted by Gasteiger charge is -2.35. The predicted octanol–water partition coefficient (Wildman–Crippen LogP) is 4.95. The average Bonchev–Trinajstić information content (AvgIpc) is 2.67. The van der Waals surface area contributed by atoms with Gasteiger partial charge in [0.15, 0.2) is 0 Å². The minimum absolute atomic E-state index is 0.0649. The number of benzene rings is 1. The van der Waals surface area contributed by atoms with Crippen LogP contribution in [0.1, 0.15) is 52.1 Å². The molecule has 22 heavy (non-hydrogen) atoms. The number of rotatable bonds is 6. The molecular formula is C19H27NO2. The van der Waals surface area contributed by atoms with Crippen molar-refractivity contribution in [3.63, 3.8) is 0 Å². The monoisotopic (exact) mass is 301 g/mol. The highest BCUT2D eigenvalue weighted by molar-refractivity contribution is 5.72. The Morgan fingerprint density at radius 2 is 1.95 bits per heavy atom. The van der Waals surface area contributed by atoms with Crippen LogP contribution in [0, 0.1) is 5.92 Å². The van der Waals surface area contributed by atoms with Crippen molar-refractivity contribution in [3.05, 3.63) is 48.6 Å². The van der Waals surface area contributed by atoms with Crippen LogP contribution in [0.25, 0.3) is 0 Å². The molecule has 2 rings (SSSR count). The first kappa shape index (κ1) is 16.6. The minimum atomic E-state index is -0.533. The molecule has 1 aromatic carbocycles. The van der Waals surface area contributed by atoms with Crippen molar-refractivity contribution in [1.82, 2.24) is 4.90 Å². The molecule has 1 saturated heterocycles. The lowest BCUT2D eigenvalue weighted by atomic mass is 9.89. The summed E-state index contributed by atoms with van der Waals surface area (Å²) in [5.41, 5.74) is 0.589. The fourth-order valence-corrected chi connectivity index (χ4v) is 3.39. The molecule has 1 heterocycles. The van der Waals surface area contributed by atoms with Crippen LogP contribution in [0.4, 0.5) is 4.79 Å². The van der Waals surface area contributed by atoms with Gasteiger partial charge in [0.05, 0.1) is 6.04 Å². The summed E-state index contributed by atoms with van der Waals surface area (Å²) in [6.45, 7) is 12.2. The third-order valence-electron chi connectivity index (χ3n) is 4.19. The first-order valence-corrected chi connectivity index (χ1v) is 8.04. The third-order valence-corrected chi connectivity index (χ3v) is 4.19. The molecular weight excluding hydrogens is 274 g/mol. The molecule has 0 aliphatic carbocycles. The second kappa shape index (κ2) is 6.55. The van der Waals surface area contributed by atoms with Crippen LogP contribution >= 0.6 is 0 Å². The second-order valence-electron chi connectivity index (χ2n) is 7.00. The van der Waals surface area contributed by atoms with Gasteiger partial charge in [-0.15, -0.1) is 6.58 Å². The van der Waals surface area contributed by atoms with Crippen LogP contribution in [0.15, 0.2) is 43.0 Å². The maximum Gasteiger partial charge on any atom is 0.411 e. The van der Waals surface area contributed by atoms with Gasteiger partial charge in [-0.3, -0.25) is 4.90 Å². The van der Waals surface area contributed by atoms with Crippen molar-refractivity contribution >= 4 is 6.09 Å². The molecule has 3 heteroatoms. The van der Waals surface area contributed by atoms with Gasteiger partial charge in [-0.05, 0) is 38.2 Å². The minimum Gasteiger partial charge on any atom is -0.441 e. The van der Waals surface area contributed by atoms with E-state index in [1.165, 1.54) is 0 Å². The van der Waals surface area contributed by atoms with Crippen LogP contribution < -0.4 is 0 Å². The van der Waals surface area contributed by atoms with Gasteiger partial charge in [0.25, 0.3) is 0 Å². The Labute approximate surface area is 134 Å². The molecule has 2 atom stereocenters. The molecule has 1 aliphatic rings. The average molecular weight is 301 g/mol. The van der Waals surface area contributed by atoms with Crippen molar-refractivity contribution in [3.8, 4) is 0 Å². The first-order chi connectivity index (χ1) is 10.4. The number of amides is 1. The molecule has 3 nitrogen and oxygen atoms in total. The van der Waals surface area contributed by atoms with Gasteiger partial charge in [-0.25, -0.2) is 4.79 Å². The summed E-state index contributed by atoms with van der Waals surface area (Å²) in [7, 11) is 0. The Kier molecular flexibility index (Phi) is 4.94. The van der Waals surface area contributed by atoms with Crippen molar-refractivity contribution in [1.29, 1.82) is 0 Å². The van der Waals surface area contributed by atoms with E-state index in [4.69, 9.17) is 4.74 Å². The zero-order valence-electron chi connectivity index (χ0n) is 14.1. The van der Waals surface area contributed by atoms with E-state index in [0.717, 1.165) is 18.4 Å². The smallest absolute Gasteiger partial charge is 0.411 e. The third kappa shape index (κ3) is 3.34. The number of carbonyl (C=O) groups is 1. The number of ether oxygens (including phenoxy) is 1. The number of hydrogen-bond donors (Lipinski definition) is 0. The maximum absolute atomic E-state index is 12.5. The van der Waals surface area contributed by atoms with E-state index in [1.54, 1.807) is 0 Å². The van der Waals surface area contributed by atoms with Gasteiger partial charge >= 0.3 is 6.09 Å². The van der Waals surface area contributed by atoms with E-state index in [0.29, 0.717) is 5.92 Å². The Hall–Kier alpha value is -1.77. The van der Waals surface area contributed by atoms with Gasteiger partial charge in [0, 0.05) is 6.04 Å². The number of nitrogens with zero attached hydrogens (tertiary/aromatic N) is 1. The summed E-state index contributed by atoms with van der Waals surface area (Å²) < 4.78 is 5.69. The molecule has 1 aromatic rings. The highest BCUT2D eigenvalue weighted by Crippen LogP contribution is 2.43. The molecule has 0 bridgehead atoms. The van der Waals surface area contributed by atoms with Crippen LogP contribution in [-0.2, 0) is 4.74 Å². The Morgan fingerprint density at radius 3 is 2.50 bits per heavy atom. The second-order valence-corrected chi connectivity index (χ2v) is 7.00. The molecule has 0 spiro atoms. The molecule has 1 aliphatic heterocycles. The molecule has 1 fully saturated rings. The van der Waals surface area contributed by atoms with E-state index in [2.05, 4.69) is 32.6 Å². The summed E-state index contributed by atoms with van der Waals surface area (Å²) in [5.74, 6) is 0.512. The molecule has 0 aromatic heterocycles. The fourth-order valence-electron chi connectivity index (χ4n) is 3.39. The zero-order chi connectivity index (χ0) is 16.3. The van der Waals surface area contributed by atoms with Crippen molar-refractivity contribution in [2.75, 3.05) is 0 Å². The highest BCUT2D eigenvalue weighted by Gasteiger charge is 2.50. The SMILES string of the molecule is C=CC[C@H](CC(C)C)N1C(=O)OC(C)(C)[C@H]1c1ccccc1. The van der Waals surface area contributed by atoms with Gasteiger partial charge < -0.3 is 4.74 Å². The summed E-state index contributed by atoms with van der Waals surface area (Å²) in [5, 5.41) is 0. The summed E-state index contributed by atoms with van der Waals surface area (Å²) in [6, 6.07) is 10.2. The van der Waals surface area contributed by atoms with Crippen molar-refractivity contribution < 1.29 is 9.53 Å². The fraction of sp³-hybridized carbons (Fsp3) is 0.526. The van der Waals surface area contributed by atoms with Gasteiger partial charge in [0.2, 0.25) is 0 Å². The van der Waals surface area contributed by atoms with E-state index < -0.39 is 5.60 Å². The van der Waals surface area contributed by atoms with Crippen LogP contribution in [0.5, 0.6) is 0 Å². The molecule has 0 unspecified atom stereocenters. The van der Waals surface area contributed by atoms with Gasteiger partial charge in [0.1, 0.15) is 5.60 Å². The standard InChI is InChI=1S/C19H27NO2/c1-6-10-16(13-14(2)3)20-17(15-11-8-7-9-12-15)19(4,5)22-18(20)21/h6-9,11-12,14,16-17H,1,10,13H2,2-5H3/t16-,17-/m1/s1. The first-order valence-electron chi connectivity index (χ1n) is 8.04. The summed E-state index contributed by atoms with van der Waals surface area (Å²) in [4.78, 5) is 14.5. The number of cyclic esters (lactones) is 1. The van der Waals surface area contributed by atoms with E-state index in [1.807, 2.05) is 43.0 Å². The van der Waals surface area contributed by atoms with Crippen molar-refractivity contribution in [2.24, 2.45) is 5.92 Å². The molecule has 0 N–H and O–H groups in total. The molecule has 120 valence electrons. The van der Waals surface area contributed by atoms with E-state index >= 15 is 0 Å².